The summed E-state index contributed by atoms with van der Waals surface area (Å²) in [6, 6.07) is 13.6. The SMILES string of the molecule is O=C[C@@H]1CS[C@H]2[C@H](C(=O)Cc3ccc4ccccc4c3)C(=O)N12. The minimum absolute atomic E-state index is 0.0504. The number of rotatable bonds is 4. The summed E-state index contributed by atoms with van der Waals surface area (Å²) < 4.78 is 0. The fourth-order valence-electron chi connectivity index (χ4n) is 3.35. The summed E-state index contributed by atoms with van der Waals surface area (Å²) in [6.07, 6.45) is 1.06. The fraction of sp³-hybridized carbons (Fsp3) is 0.278. The van der Waals surface area contributed by atoms with Crippen LogP contribution in [0.25, 0.3) is 10.8 Å². The van der Waals surface area contributed by atoms with E-state index in [0.717, 1.165) is 22.6 Å². The number of amides is 1. The smallest absolute Gasteiger partial charge is 0.237 e. The fourth-order valence-corrected chi connectivity index (χ4v) is 4.87. The second-order valence-corrected chi connectivity index (χ2v) is 7.12. The van der Waals surface area contributed by atoms with Crippen LogP contribution in [-0.2, 0) is 20.8 Å². The van der Waals surface area contributed by atoms with Crippen LogP contribution in [0, 0.1) is 5.92 Å². The van der Waals surface area contributed by atoms with E-state index < -0.39 is 5.92 Å². The molecule has 0 aliphatic carbocycles. The Balaban J connectivity index is 1.51. The molecule has 0 bridgehead atoms. The van der Waals surface area contributed by atoms with Gasteiger partial charge in [0.2, 0.25) is 5.91 Å². The van der Waals surface area contributed by atoms with Gasteiger partial charge in [0.05, 0.1) is 11.4 Å². The summed E-state index contributed by atoms with van der Waals surface area (Å²) in [5.41, 5.74) is 0.926. The molecule has 2 aromatic rings. The molecule has 5 heteroatoms. The Hall–Kier alpha value is -2.14. The molecule has 3 atom stereocenters. The van der Waals surface area contributed by atoms with Crippen molar-refractivity contribution in [3.63, 3.8) is 0 Å². The minimum Gasteiger partial charge on any atom is -0.318 e. The average molecular weight is 325 g/mol. The molecule has 23 heavy (non-hydrogen) atoms. The largest absolute Gasteiger partial charge is 0.318 e. The lowest BCUT2D eigenvalue weighted by Crippen LogP contribution is -2.62. The summed E-state index contributed by atoms with van der Waals surface area (Å²) in [4.78, 5) is 37.2. The molecule has 0 aromatic heterocycles. The maximum atomic E-state index is 12.5. The van der Waals surface area contributed by atoms with Gasteiger partial charge in [0.1, 0.15) is 12.2 Å². The van der Waals surface area contributed by atoms with Gasteiger partial charge in [-0.25, -0.2) is 0 Å². The first kappa shape index (κ1) is 14.5. The second kappa shape index (κ2) is 5.49. The number of hydrogen-bond donors (Lipinski definition) is 0. The van der Waals surface area contributed by atoms with Crippen molar-refractivity contribution < 1.29 is 14.4 Å². The molecule has 0 radical (unpaired) electrons. The topological polar surface area (TPSA) is 54.5 Å². The van der Waals surface area contributed by atoms with Crippen LogP contribution < -0.4 is 0 Å². The highest BCUT2D eigenvalue weighted by Gasteiger charge is 2.57. The Labute approximate surface area is 137 Å². The van der Waals surface area contributed by atoms with Crippen LogP contribution in [0.5, 0.6) is 0 Å². The van der Waals surface area contributed by atoms with E-state index in [1.165, 1.54) is 11.8 Å². The standard InChI is InChI=1S/C18H15NO3S/c20-9-14-10-23-18-16(17(22)19(14)18)15(21)8-11-5-6-12-3-1-2-4-13(12)7-11/h1-7,9,14,16,18H,8,10H2/t14-,16-,18+/m1/s1. The molecule has 1 amide bonds. The van der Waals surface area contributed by atoms with Crippen LogP contribution in [0.15, 0.2) is 42.5 Å². The number of benzene rings is 2. The van der Waals surface area contributed by atoms with Gasteiger partial charge in [0.25, 0.3) is 0 Å². The van der Waals surface area contributed by atoms with Crippen molar-refractivity contribution >= 4 is 40.5 Å². The number of fused-ring (bicyclic) bond motifs is 2. The van der Waals surface area contributed by atoms with E-state index in [1.54, 1.807) is 4.90 Å². The molecule has 2 saturated heterocycles. The van der Waals surface area contributed by atoms with E-state index in [0.29, 0.717) is 5.75 Å². The van der Waals surface area contributed by atoms with Gasteiger partial charge in [-0.15, -0.1) is 11.8 Å². The van der Waals surface area contributed by atoms with Crippen molar-refractivity contribution in [2.45, 2.75) is 17.8 Å². The third-order valence-corrected chi connectivity index (χ3v) is 5.95. The van der Waals surface area contributed by atoms with E-state index in [4.69, 9.17) is 0 Å². The van der Waals surface area contributed by atoms with Crippen LogP contribution in [0.4, 0.5) is 0 Å². The van der Waals surface area contributed by atoms with Gasteiger partial charge >= 0.3 is 0 Å². The molecule has 0 saturated carbocycles. The summed E-state index contributed by atoms with van der Waals surface area (Å²) in [7, 11) is 0. The molecule has 2 aromatic carbocycles. The summed E-state index contributed by atoms with van der Waals surface area (Å²) in [5, 5.41) is 2.08. The Morgan fingerprint density at radius 3 is 2.78 bits per heavy atom. The second-order valence-electron chi connectivity index (χ2n) is 5.98. The number of β-lactam (4-membered cyclic amide) rings is 1. The highest BCUT2D eigenvalue weighted by Crippen LogP contribution is 2.43. The molecule has 0 unspecified atom stereocenters. The van der Waals surface area contributed by atoms with Crippen molar-refractivity contribution in [1.29, 1.82) is 0 Å². The highest BCUT2D eigenvalue weighted by atomic mass is 32.2. The molecule has 0 spiro atoms. The lowest BCUT2D eigenvalue weighted by Gasteiger charge is -2.42. The lowest BCUT2D eigenvalue weighted by atomic mass is 9.88. The highest BCUT2D eigenvalue weighted by molar-refractivity contribution is 8.00. The van der Waals surface area contributed by atoms with Gasteiger partial charge in [-0.2, -0.15) is 0 Å². The number of nitrogens with zero attached hydrogens (tertiary/aromatic N) is 1. The zero-order chi connectivity index (χ0) is 16.0. The normalized spacial score (nSPS) is 26.0. The first-order valence-electron chi connectivity index (χ1n) is 7.58. The molecule has 116 valence electrons. The average Bonchev–Trinajstić information content (AvgIpc) is 2.93. The van der Waals surface area contributed by atoms with Crippen LogP contribution in [0.3, 0.4) is 0 Å². The zero-order valence-electron chi connectivity index (χ0n) is 12.3. The van der Waals surface area contributed by atoms with Crippen molar-refractivity contribution in [3.05, 3.63) is 48.0 Å². The first-order chi connectivity index (χ1) is 11.2. The maximum Gasteiger partial charge on any atom is 0.237 e. The quantitative estimate of drug-likeness (QED) is 0.490. The Kier molecular flexibility index (Phi) is 3.45. The van der Waals surface area contributed by atoms with Crippen LogP contribution in [-0.4, -0.2) is 40.0 Å². The third-order valence-electron chi connectivity index (χ3n) is 4.57. The molecular formula is C18H15NO3S. The number of aldehydes is 1. The number of hydrogen-bond acceptors (Lipinski definition) is 4. The number of carbonyl (C=O) groups excluding carboxylic acids is 3. The summed E-state index contributed by atoms with van der Waals surface area (Å²) in [6.45, 7) is 0. The molecule has 2 aliphatic heterocycles. The molecule has 4 rings (SSSR count). The van der Waals surface area contributed by atoms with Crippen LogP contribution in [0.2, 0.25) is 0 Å². The molecule has 2 aliphatic rings. The van der Waals surface area contributed by atoms with E-state index in [2.05, 4.69) is 0 Å². The summed E-state index contributed by atoms with van der Waals surface area (Å²) >= 11 is 1.53. The number of Topliss-reactive ketones (excluding diaryl/α,β-unsaturated/α-hetero) is 1. The number of ketones is 1. The van der Waals surface area contributed by atoms with Gasteiger partial charge in [-0.3, -0.25) is 9.59 Å². The van der Waals surface area contributed by atoms with Gasteiger partial charge < -0.3 is 9.69 Å². The Morgan fingerprint density at radius 1 is 1.22 bits per heavy atom. The molecule has 4 nitrogen and oxygen atoms in total. The van der Waals surface area contributed by atoms with Crippen LogP contribution >= 0.6 is 11.8 Å². The van der Waals surface area contributed by atoms with Crippen LogP contribution in [0.1, 0.15) is 5.56 Å². The van der Waals surface area contributed by atoms with E-state index in [9.17, 15) is 14.4 Å². The predicted octanol–water partition coefficient (Wildman–Crippen LogP) is 2.05. The molecule has 2 fully saturated rings. The number of thioether (sulfide) groups is 1. The monoisotopic (exact) mass is 325 g/mol. The van der Waals surface area contributed by atoms with Crippen molar-refractivity contribution in [1.82, 2.24) is 4.90 Å². The minimum atomic E-state index is -0.587. The Morgan fingerprint density at radius 2 is 2.00 bits per heavy atom. The predicted molar refractivity (Wildman–Crippen MR) is 89.1 cm³/mol. The van der Waals surface area contributed by atoms with Crippen molar-refractivity contribution in [2.75, 3.05) is 5.75 Å². The third kappa shape index (κ3) is 2.27. The van der Waals surface area contributed by atoms with Gasteiger partial charge in [0, 0.05) is 12.2 Å². The van der Waals surface area contributed by atoms with Gasteiger partial charge in [-0.1, -0.05) is 42.5 Å². The molecule has 0 N–H and O–H groups in total. The van der Waals surface area contributed by atoms with Crippen molar-refractivity contribution in [2.24, 2.45) is 5.92 Å². The van der Waals surface area contributed by atoms with E-state index in [1.807, 2.05) is 42.5 Å². The Bertz CT molecular complexity index is 819. The van der Waals surface area contributed by atoms with Crippen molar-refractivity contribution in [3.8, 4) is 0 Å². The first-order valence-corrected chi connectivity index (χ1v) is 8.63. The van der Waals surface area contributed by atoms with E-state index >= 15 is 0 Å². The maximum absolute atomic E-state index is 12.5. The van der Waals surface area contributed by atoms with E-state index in [-0.39, 0.29) is 29.5 Å². The van der Waals surface area contributed by atoms with Gasteiger partial charge in [-0.05, 0) is 16.3 Å². The number of carbonyl (C=O) groups is 3. The summed E-state index contributed by atoms with van der Waals surface area (Å²) in [5.74, 6) is -0.232. The molecule has 2 heterocycles. The molecular weight excluding hydrogens is 310 g/mol. The lowest BCUT2D eigenvalue weighted by molar-refractivity contribution is -0.158. The zero-order valence-corrected chi connectivity index (χ0v) is 13.2. The van der Waals surface area contributed by atoms with Gasteiger partial charge in [0.15, 0.2) is 5.78 Å².